The van der Waals surface area contributed by atoms with Gasteiger partial charge >= 0.3 is 0 Å². The molecule has 0 aromatic carbocycles. The highest BCUT2D eigenvalue weighted by Crippen LogP contribution is 2.32. The lowest BCUT2D eigenvalue weighted by Crippen LogP contribution is -2.41. The third kappa shape index (κ3) is 2.80. The van der Waals surface area contributed by atoms with Crippen LogP contribution in [0.25, 0.3) is 0 Å². The predicted molar refractivity (Wildman–Crippen MR) is 65.0 cm³/mol. The summed E-state index contributed by atoms with van der Waals surface area (Å²) >= 11 is 3.29. The highest BCUT2D eigenvalue weighted by atomic mass is 79.9. The lowest BCUT2D eigenvalue weighted by molar-refractivity contribution is 0.0933. The molecule has 0 saturated heterocycles. The van der Waals surface area contributed by atoms with Gasteiger partial charge in [0.2, 0.25) is 0 Å². The van der Waals surface area contributed by atoms with E-state index < -0.39 is 0 Å². The number of nitrogens with two attached hydrogens (primary N) is 1. The molecule has 1 fully saturated rings. The molecular formula is C11H14BrN3O. The number of rotatable bonds is 4. The fourth-order valence-corrected chi connectivity index (χ4v) is 2.02. The number of hydrogen-bond donors (Lipinski definition) is 2. The molecule has 0 bridgehead atoms. The lowest BCUT2D eigenvalue weighted by atomic mass is 10.1. The van der Waals surface area contributed by atoms with E-state index in [9.17, 15) is 4.79 Å². The van der Waals surface area contributed by atoms with E-state index in [1.165, 1.54) is 12.8 Å². The summed E-state index contributed by atoms with van der Waals surface area (Å²) in [4.78, 5) is 15.8. The van der Waals surface area contributed by atoms with Crippen LogP contribution in [0.5, 0.6) is 0 Å². The quantitative estimate of drug-likeness (QED) is 0.876. The highest BCUT2D eigenvalue weighted by molar-refractivity contribution is 9.10. The number of carbonyl (C=O) groups is 1. The van der Waals surface area contributed by atoms with Gasteiger partial charge in [0.1, 0.15) is 0 Å². The van der Waals surface area contributed by atoms with Gasteiger partial charge < -0.3 is 11.1 Å². The number of aromatic nitrogens is 1. The molecule has 4 nitrogen and oxygen atoms in total. The Morgan fingerprint density at radius 2 is 2.38 bits per heavy atom. The van der Waals surface area contributed by atoms with Gasteiger partial charge in [0, 0.05) is 29.5 Å². The Labute approximate surface area is 103 Å². The summed E-state index contributed by atoms with van der Waals surface area (Å²) in [5.41, 5.74) is 6.19. The average molecular weight is 284 g/mol. The van der Waals surface area contributed by atoms with Gasteiger partial charge in [-0.1, -0.05) is 0 Å². The first kappa shape index (κ1) is 11.5. The molecular weight excluding hydrogens is 270 g/mol. The molecule has 1 aliphatic rings. The van der Waals surface area contributed by atoms with Crippen LogP contribution in [-0.2, 0) is 0 Å². The summed E-state index contributed by atoms with van der Waals surface area (Å²) < 4.78 is 0.802. The van der Waals surface area contributed by atoms with Crippen LogP contribution in [0.15, 0.2) is 22.9 Å². The summed E-state index contributed by atoms with van der Waals surface area (Å²) in [5, 5.41) is 2.95. The molecule has 16 heavy (non-hydrogen) atoms. The first-order valence-electron chi connectivity index (χ1n) is 5.32. The van der Waals surface area contributed by atoms with E-state index in [2.05, 4.69) is 26.2 Å². The molecule has 1 amide bonds. The number of amides is 1. The van der Waals surface area contributed by atoms with E-state index in [1.54, 1.807) is 18.5 Å². The molecule has 3 N–H and O–H groups in total. The summed E-state index contributed by atoms with van der Waals surface area (Å²) in [6.07, 6.45) is 5.54. The van der Waals surface area contributed by atoms with Crippen LogP contribution in [-0.4, -0.2) is 23.5 Å². The second-order valence-corrected chi connectivity index (χ2v) is 4.96. The molecule has 2 rings (SSSR count). The minimum atomic E-state index is -0.101. The Morgan fingerprint density at radius 3 is 2.94 bits per heavy atom. The van der Waals surface area contributed by atoms with Gasteiger partial charge in [-0.25, -0.2) is 0 Å². The molecule has 1 heterocycles. The Kier molecular flexibility index (Phi) is 3.56. The van der Waals surface area contributed by atoms with Crippen molar-refractivity contribution in [2.75, 3.05) is 6.54 Å². The molecule has 1 aromatic rings. The molecule has 5 heteroatoms. The fourth-order valence-electron chi connectivity index (χ4n) is 1.66. The van der Waals surface area contributed by atoms with Gasteiger partial charge in [0.05, 0.1) is 5.56 Å². The normalized spacial score (nSPS) is 16.9. The molecule has 0 radical (unpaired) electrons. The largest absolute Gasteiger partial charge is 0.348 e. The van der Waals surface area contributed by atoms with Gasteiger partial charge in [-0.15, -0.1) is 0 Å². The molecule has 1 unspecified atom stereocenters. The van der Waals surface area contributed by atoms with E-state index in [0.717, 1.165) is 4.47 Å². The van der Waals surface area contributed by atoms with Crippen LogP contribution in [0.3, 0.4) is 0 Å². The Bertz CT molecular complexity index is 393. The molecule has 1 aromatic heterocycles. The minimum absolute atomic E-state index is 0.101. The molecule has 0 aliphatic heterocycles. The van der Waals surface area contributed by atoms with E-state index in [4.69, 9.17) is 5.73 Å². The van der Waals surface area contributed by atoms with Crippen molar-refractivity contribution < 1.29 is 4.79 Å². The van der Waals surface area contributed by atoms with Gasteiger partial charge in [0.15, 0.2) is 0 Å². The smallest absolute Gasteiger partial charge is 0.253 e. The third-order valence-corrected chi connectivity index (χ3v) is 3.16. The standard InChI is InChI=1S/C11H14BrN3O/c12-9-3-8(5-14-6-9)11(16)15-10(4-13)7-1-2-7/h3,5-7,10H,1-2,4,13H2,(H,15,16). The van der Waals surface area contributed by atoms with Crippen molar-refractivity contribution in [2.45, 2.75) is 18.9 Å². The van der Waals surface area contributed by atoms with E-state index in [-0.39, 0.29) is 11.9 Å². The van der Waals surface area contributed by atoms with Crippen LogP contribution < -0.4 is 11.1 Å². The third-order valence-electron chi connectivity index (χ3n) is 2.73. The molecule has 1 saturated carbocycles. The maximum Gasteiger partial charge on any atom is 0.253 e. The van der Waals surface area contributed by atoms with Gasteiger partial charge in [-0.05, 0) is 40.8 Å². The van der Waals surface area contributed by atoms with E-state index in [0.29, 0.717) is 18.0 Å². The predicted octanol–water partition coefficient (Wildman–Crippen LogP) is 1.31. The molecule has 1 aliphatic carbocycles. The lowest BCUT2D eigenvalue weighted by Gasteiger charge is -2.15. The summed E-state index contributed by atoms with van der Waals surface area (Å²) in [6.45, 7) is 0.498. The summed E-state index contributed by atoms with van der Waals surface area (Å²) in [6, 6.07) is 1.86. The van der Waals surface area contributed by atoms with Gasteiger partial charge in [-0.2, -0.15) is 0 Å². The Morgan fingerprint density at radius 1 is 1.62 bits per heavy atom. The molecule has 1 atom stereocenters. The zero-order valence-electron chi connectivity index (χ0n) is 8.82. The second kappa shape index (κ2) is 4.93. The SMILES string of the molecule is NCC(NC(=O)c1cncc(Br)c1)C1CC1. The van der Waals surface area contributed by atoms with Gasteiger partial charge in [-0.3, -0.25) is 9.78 Å². The van der Waals surface area contributed by atoms with Gasteiger partial charge in [0.25, 0.3) is 5.91 Å². The van der Waals surface area contributed by atoms with Crippen molar-refractivity contribution >= 4 is 21.8 Å². The van der Waals surface area contributed by atoms with Crippen molar-refractivity contribution in [3.63, 3.8) is 0 Å². The summed E-state index contributed by atoms with van der Waals surface area (Å²) in [5.74, 6) is 0.463. The first-order valence-corrected chi connectivity index (χ1v) is 6.11. The maximum atomic E-state index is 11.9. The van der Waals surface area contributed by atoms with Crippen molar-refractivity contribution in [3.8, 4) is 0 Å². The minimum Gasteiger partial charge on any atom is -0.348 e. The molecule has 0 spiro atoms. The number of pyridine rings is 1. The fraction of sp³-hybridized carbons (Fsp3) is 0.455. The van der Waals surface area contributed by atoms with Crippen molar-refractivity contribution in [1.82, 2.24) is 10.3 Å². The number of nitrogens with one attached hydrogen (secondary N) is 1. The first-order chi connectivity index (χ1) is 7.70. The van der Waals surface area contributed by atoms with Crippen LogP contribution in [0, 0.1) is 5.92 Å². The van der Waals surface area contributed by atoms with Crippen molar-refractivity contribution in [3.05, 3.63) is 28.5 Å². The van der Waals surface area contributed by atoms with Crippen molar-refractivity contribution in [1.29, 1.82) is 0 Å². The monoisotopic (exact) mass is 283 g/mol. The Hall–Kier alpha value is -0.940. The zero-order chi connectivity index (χ0) is 11.5. The van der Waals surface area contributed by atoms with E-state index in [1.807, 2.05) is 0 Å². The van der Waals surface area contributed by atoms with Crippen LogP contribution in [0.4, 0.5) is 0 Å². The number of hydrogen-bond acceptors (Lipinski definition) is 3. The highest BCUT2D eigenvalue weighted by Gasteiger charge is 2.31. The number of nitrogens with zero attached hydrogens (tertiary/aromatic N) is 1. The van der Waals surface area contributed by atoms with Crippen LogP contribution in [0.1, 0.15) is 23.2 Å². The topological polar surface area (TPSA) is 68.0 Å². The number of carbonyl (C=O) groups excluding carboxylic acids is 1. The average Bonchev–Trinajstić information content (AvgIpc) is 3.09. The van der Waals surface area contributed by atoms with E-state index >= 15 is 0 Å². The molecule has 86 valence electrons. The second-order valence-electron chi connectivity index (χ2n) is 4.04. The van der Waals surface area contributed by atoms with Crippen LogP contribution >= 0.6 is 15.9 Å². The number of halogens is 1. The van der Waals surface area contributed by atoms with Crippen LogP contribution in [0.2, 0.25) is 0 Å². The maximum absolute atomic E-state index is 11.9. The summed E-state index contributed by atoms with van der Waals surface area (Å²) in [7, 11) is 0. The zero-order valence-corrected chi connectivity index (χ0v) is 10.4. The van der Waals surface area contributed by atoms with Crippen molar-refractivity contribution in [2.24, 2.45) is 11.7 Å². The Balaban J connectivity index is 2.01.